The molecule has 3 rings (SSSR count). The molecule has 0 heterocycles. The van der Waals surface area contributed by atoms with Gasteiger partial charge in [-0.3, -0.25) is 4.79 Å². The summed E-state index contributed by atoms with van der Waals surface area (Å²) in [5.74, 6) is -0.342. The van der Waals surface area contributed by atoms with Crippen molar-refractivity contribution in [3.05, 3.63) is 35.4 Å². The Morgan fingerprint density at radius 2 is 2.05 bits per heavy atom. The number of carboxylic acid groups (broad SMARTS) is 1. The minimum atomic E-state index is -0.914. The van der Waals surface area contributed by atoms with Gasteiger partial charge < -0.3 is 10.4 Å². The molecule has 0 saturated heterocycles. The predicted octanol–water partition coefficient (Wildman–Crippen LogP) is 2.47. The van der Waals surface area contributed by atoms with E-state index in [1.165, 1.54) is 11.1 Å². The van der Waals surface area contributed by atoms with Crippen LogP contribution < -0.4 is 5.32 Å². The van der Waals surface area contributed by atoms with Gasteiger partial charge in [0.1, 0.15) is 6.04 Å². The third-order valence-electron chi connectivity index (χ3n) is 4.60. The standard InChI is InChI=1S/C17H21NO3/c1-10-4-2-3-5-12(10)13-9-14(13)16(19)18-15(17(20)21)8-11-6-7-11/h2-5,11,13-15H,6-9H2,1H3,(H,18,19)(H,20,21). The first-order chi connectivity index (χ1) is 10.1. The second-order valence-electron chi connectivity index (χ2n) is 6.38. The highest BCUT2D eigenvalue weighted by Gasteiger charge is 2.45. The summed E-state index contributed by atoms with van der Waals surface area (Å²) < 4.78 is 0. The zero-order chi connectivity index (χ0) is 15.0. The van der Waals surface area contributed by atoms with E-state index in [-0.39, 0.29) is 17.7 Å². The molecule has 2 fully saturated rings. The highest BCUT2D eigenvalue weighted by Crippen LogP contribution is 2.48. The molecule has 112 valence electrons. The van der Waals surface area contributed by atoms with Crippen molar-refractivity contribution < 1.29 is 14.7 Å². The van der Waals surface area contributed by atoms with Crippen molar-refractivity contribution in [2.45, 2.75) is 44.6 Å². The number of carboxylic acids is 1. The van der Waals surface area contributed by atoms with Crippen molar-refractivity contribution >= 4 is 11.9 Å². The van der Waals surface area contributed by atoms with Gasteiger partial charge >= 0.3 is 5.97 Å². The maximum atomic E-state index is 12.2. The summed E-state index contributed by atoms with van der Waals surface area (Å²) in [6.07, 6.45) is 3.58. The smallest absolute Gasteiger partial charge is 0.326 e. The van der Waals surface area contributed by atoms with Crippen LogP contribution in [0.5, 0.6) is 0 Å². The first-order valence-corrected chi connectivity index (χ1v) is 7.65. The Hall–Kier alpha value is -1.84. The Morgan fingerprint density at radius 1 is 1.33 bits per heavy atom. The van der Waals surface area contributed by atoms with Crippen molar-refractivity contribution in [1.82, 2.24) is 5.32 Å². The molecule has 3 atom stereocenters. The molecule has 4 nitrogen and oxygen atoms in total. The Kier molecular flexibility index (Phi) is 3.70. The summed E-state index contributed by atoms with van der Waals surface area (Å²) in [6, 6.07) is 7.37. The fourth-order valence-corrected chi connectivity index (χ4v) is 3.02. The third kappa shape index (κ3) is 3.26. The minimum absolute atomic E-state index is 0.0628. The molecule has 0 aliphatic heterocycles. The van der Waals surface area contributed by atoms with Crippen LogP contribution in [0.2, 0.25) is 0 Å². The third-order valence-corrected chi connectivity index (χ3v) is 4.60. The van der Waals surface area contributed by atoms with E-state index in [0.29, 0.717) is 12.3 Å². The molecular formula is C17H21NO3. The zero-order valence-corrected chi connectivity index (χ0v) is 12.2. The molecule has 1 aromatic rings. The van der Waals surface area contributed by atoms with Gasteiger partial charge in [0, 0.05) is 5.92 Å². The number of hydrogen-bond donors (Lipinski definition) is 2. The van der Waals surface area contributed by atoms with Gasteiger partial charge in [0.15, 0.2) is 0 Å². The molecule has 0 bridgehead atoms. The molecule has 2 aliphatic rings. The van der Waals surface area contributed by atoms with E-state index in [1.807, 2.05) is 12.1 Å². The molecule has 0 spiro atoms. The van der Waals surface area contributed by atoms with Crippen LogP contribution in [0.15, 0.2) is 24.3 Å². The molecule has 0 aromatic heterocycles. The van der Waals surface area contributed by atoms with Crippen molar-refractivity contribution in [2.24, 2.45) is 11.8 Å². The summed E-state index contributed by atoms with van der Waals surface area (Å²) in [7, 11) is 0. The quantitative estimate of drug-likeness (QED) is 0.844. The van der Waals surface area contributed by atoms with Gasteiger partial charge in [-0.2, -0.15) is 0 Å². The molecule has 2 aliphatic carbocycles. The van der Waals surface area contributed by atoms with E-state index in [1.54, 1.807) is 0 Å². The lowest BCUT2D eigenvalue weighted by molar-refractivity contribution is -0.142. The lowest BCUT2D eigenvalue weighted by atomic mass is 10.0. The molecular weight excluding hydrogens is 266 g/mol. The average molecular weight is 287 g/mol. The van der Waals surface area contributed by atoms with Gasteiger partial charge in [-0.05, 0) is 42.7 Å². The fraction of sp³-hybridized carbons (Fsp3) is 0.529. The molecule has 2 saturated carbocycles. The number of carbonyl (C=O) groups excluding carboxylic acids is 1. The first-order valence-electron chi connectivity index (χ1n) is 7.65. The van der Waals surface area contributed by atoms with Gasteiger partial charge in [-0.15, -0.1) is 0 Å². The van der Waals surface area contributed by atoms with Crippen LogP contribution in [0.1, 0.15) is 42.7 Å². The molecule has 3 unspecified atom stereocenters. The van der Waals surface area contributed by atoms with E-state index >= 15 is 0 Å². The van der Waals surface area contributed by atoms with Crippen molar-refractivity contribution in [1.29, 1.82) is 0 Å². The van der Waals surface area contributed by atoms with Crippen LogP contribution >= 0.6 is 0 Å². The van der Waals surface area contributed by atoms with Crippen LogP contribution in [-0.4, -0.2) is 23.0 Å². The molecule has 1 aromatic carbocycles. The van der Waals surface area contributed by atoms with Crippen LogP contribution in [0.3, 0.4) is 0 Å². The highest BCUT2D eigenvalue weighted by molar-refractivity contribution is 5.87. The van der Waals surface area contributed by atoms with Crippen LogP contribution in [0, 0.1) is 18.8 Å². The monoisotopic (exact) mass is 287 g/mol. The lowest BCUT2D eigenvalue weighted by Crippen LogP contribution is -2.42. The molecule has 1 amide bonds. The summed E-state index contributed by atoms with van der Waals surface area (Å²) in [4.78, 5) is 23.5. The molecule has 21 heavy (non-hydrogen) atoms. The van der Waals surface area contributed by atoms with Crippen molar-refractivity contribution in [3.8, 4) is 0 Å². The van der Waals surface area contributed by atoms with E-state index in [0.717, 1.165) is 19.3 Å². The van der Waals surface area contributed by atoms with Crippen molar-refractivity contribution in [3.63, 3.8) is 0 Å². The maximum Gasteiger partial charge on any atom is 0.326 e. The molecule has 4 heteroatoms. The normalized spacial score (nSPS) is 25.2. The molecule has 0 radical (unpaired) electrons. The largest absolute Gasteiger partial charge is 0.480 e. The van der Waals surface area contributed by atoms with E-state index in [4.69, 9.17) is 0 Å². The topological polar surface area (TPSA) is 66.4 Å². The summed E-state index contributed by atoms with van der Waals surface area (Å²) in [6.45, 7) is 2.05. The lowest BCUT2D eigenvalue weighted by Gasteiger charge is -2.14. The Morgan fingerprint density at radius 3 is 2.67 bits per heavy atom. The van der Waals surface area contributed by atoms with Crippen LogP contribution in [-0.2, 0) is 9.59 Å². The van der Waals surface area contributed by atoms with Gasteiger partial charge in [0.05, 0.1) is 0 Å². The minimum Gasteiger partial charge on any atom is -0.480 e. The van der Waals surface area contributed by atoms with Gasteiger partial charge in [-0.1, -0.05) is 37.1 Å². The number of carbonyl (C=O) groups is 2. The van der Waals surface area contributed by atoms with Gasteiger partial charge in [0.2, 0.25) is 5.91 Å². The van der Waals surface area contributed by atoms with E-state index in [2.05, 4.69) is 24.4 Å². The number of nitrogens with one attached hydrogen (secondary N) is 1. The Bertz CT molecular complexity index is 565. The Labute approximate surface area is 124 Å². The average Bonchev–Trinajstić information content (AvgIpc) is 3.33. The predicted molar refractivity (Wildman–Crippen MR) is 78.9 cm³/mol. The highest BCUT2D eigenvalue weighted by atomic mass is 16.4. The van der Waals surface area contributed by atoms with Crippen LogP contribution in [0.25, 0.3) is 0 Å². The van der Waals surface area contributed by atoms with E-state index < -0.39 is 12.0 Å². The van der Waals surface area contributed by atoms with Crippen LogP contribution in [0.4, 0.5) is 0 Å². The summed E-state index contributed by atoms with van der Waals surface area (Å²) >= 11 is 0. The van der Waals surface area contributed by atoms with E-state index in [9.17, 15) is 14.7 Å². The number of benzene rings is 1. The second-order valence-corrected chi connectivity index (χ2v) is 6.38. The van der Waals surface area contributed by atoms with Gasteiger partial charge in [0.25, 0.3) is 0 Å². The Balaban J connectivity index is 1.59. The number of hydrogen-bond acceptors (Lipinski definition) is 2. The number of amides is 1. The van der Waals surface area contributed by atoms with Gasteiger partial charge in [-0.25, -0.2) is 4.79 Å². The SMILES string of the molecule is Cc1ccccc1C1CC1C(=O)NC(CC1CC1)C(=O)O. The summed E-state index contributed by atoms with van der Waals surface area (Å²) in [5.41, 5.74) is 2.41. The number of aliphatic carboxylic acids is 1. The number of rotatable bonds is 6. The molecule has 2 N–H and O–H groups in total. The second kappa shape index (κ2) is 5.51. The maximum absolute atomic E-state index is 12.2. The first kappa shape index (κ1) is 14.1. The summed E-state index contributed by atoms with van der Waals surface area (Å²) in [5, 5.41) is 11.9. The number of aryl methyl sites for hydroxylation is 1. The fourth-order valence-electron chi connectivity index (χ4n) is 3.02. The zero-order valence-electron chi connectivity index (χ0n) is 12.2. The van der Waals surface area contributed by atoms with Crippen molar-refractivity contribution in [2.75, 3.05) is 0 Å².